The van der Waals surface area contributed by atoms with E-state index in [0.717, 1.165) is 0 Å². The van der Waals surface area contributed by atoms with Gasteiger partial charge >= 0.3 is 0 Å². The molecule has 1 amide bonds. The fourth-order valence-corrected chi connectivity index (χ4v) is 1.21. The number of hydrogen-bond donors (Lipinski definition) is 1. The van der Waals surface area contributed by atoms with E-state index in [1.54, 1.807) is 19.0 Å². The van der Waals surface area contributed by atoms with E-state index in [4.69, 9.17) is 4.74 Å². The van der Waals surface area contributed by atoms with E-state index >= 15 is 0 Å². The molecule has 0 aliphatic heterocycles. The largest absolute Gasteiger partial charge is 0.380 e. The molecule has 0 saturated carbocycles. The molecule has 1 aromatic rings. The van der Waals surface area contributed by atoms with Crippen molar-refractivity contribution in [3.8, 4) is 0 Å². The Morgan fingerprint density at radius 1 is 1.47 bits per heavy atom. The first-order chi connectivity index (χ1) is 8.19. The van der Waals surface area contributed by atoms with Crippen molar-refractivity contribution in [2.24, 2.45) is 0 Å². The van der Waals surface area contributed by atoms with Crippen LogP contribution in [0.25, 0.3) is 0 Å². The third-order valence-electron chi connectivity index (χ3n) is 2.25. The maximum atomic E-state index is 11.9. The number of aromatic nitrogens is 2. The van der Waals surface area contributed by atoms with Crippen LogP contribution in [0.1, 0.15) is 17.4 Å². The molecule has 94 valence electrons. The number of hydrogen-bond acceptors (Lipinski definition) is 5. The van der Waals surface area contributed by atoms with Crippen LogP contribution in [0.2, 0.25) is 0 Å². The van der Waals surface area contributed by atoms with Crippen molar-refractivity contribution in [3.63, 3.8) is 0 Å². The highest BCUT2D eigenvalue weighted by Gasteiger charge is 2.13. The molecule has 17 heavy (non-hydrogen) atoms. The van der Waals surface area contributed by atoms with E-state index < -0.39 is 0 Å². The molecule has 0 aliphatic carbocycles. The number of amides is 1. The summed E-state index contributed by atoms with van der Waals surface area (Å²) >= 11 is 0. The lowest BCUT2D eigenvalue weighted by Gasteiger charge is -2.16. The molecule has 6 heteroatoms. The molecule has 0 spiro atoms. The summed E-state index contributed by atoms with van der Waals surface area (Å²) in [7, 11) is 3.47. The van der Waals surface area contributed by atoms with Crippen LogP contribution in [0.15, 0.2) is 12.4 Å². The fraction of sp³-hybridized carbons (Fsp3) is 0.545. The normalized spacial score (nSPS) is 10.1. The molecule has 0 aromatic carbocycles. The Balaban J connectivity index is 2.55. The van der Waals surface area contributed by atoms with E-state index in [1.807, 2.05) is 6.92 Å². The van der Waals surface area contributed by atoms with E-state index in [9.17, 15) is 4.79 Å². The topological polar surface area (TPSA) is 67.3 Å². The minimum atomic E-state index is -0.153. The van der Waals surface area contributed by atoms with Gasteiger partial charge in [0.15, 0.2) is 0 Å². The monoisotopic (exact) mass is 238 g/mol. The number of rotatable bonds is 6. The third-order valence-corrected chi connectivity index (χ3v) is 2.25. The zero-order chi connectivity index (χ0) is 12.7. The zero-order valence-electron chi connectivity index (χ0n) is 10.4. The van der Waals surface area contributed by atoms with Gasteiger partial charge in [0.1, 0.15) is 11.5 Å². The molecular formula is C11H18N4O2. The molecular weight excluding hydrogens is 220 g/mol. The molecule has 1 N–H and O–H groups in total. The molecule has 1 heterocycles. The lowest BCUT2D eigenvalue weighted by atomic mass is 10.4. The molecule has 0 unspecified atom stereocenters. The first kappa shape index (κ1) is 13.4. The molecule has 0 radical (unpaired) electrons. The third kappa shape index (κ3) is 3.99. The summed E-state index contributed by atoms with van der Waals surface area (Å²) in [5.74, 6) is 0.485. The van der Waals surface area contributed by atoms with E-state index in [-0.39, 0.29) is 5.91 Å². The van der Waals surface area contributed by atoms with Gasteiger partial charge in [-0.2, -0.15) is 0 Å². The molecule has 0 atom stereocenters. The summed E-state index contributed by atoms with van der Waals surface area (Å²) in [5, 5.41) is 2.85. The number of nitrogens with zero attached hydrogens (tertiary/aromatic N) is 3. The van der Waals surface area contributed by atoms with Crippen LogP contribution in [0, 0.1) is 0 Å². The molecule has 0 aliphatic rings. The standard InChI is InChI=1S/C11H18N4O2/c1-4-17-6-5-15(3)11(16)9-7-14-10(12-2)8-13-9/h7-8H,4-6H2,1-3H3,(H,12,14). The number of likely N-dealkylation sites (N-methyl/N-ethyl adjacent to an activating group) is 1. The van der Waals surface area contributed by atoms with Crippen molar-refractivity contribution < 1.29 is 9.53 Å². The molecule has 0 fully saturated rings. The lowest BCUT2D eigenvalue weighted by molar-refractivity contribution is 0.0704. The molecule has 1 aromatic heterocycles. The van der Waals surface area contributed by atoms with Gasteiger partial charge in [0.25, 0.3) is 5.91 Å². The highest BCUT2D eigenvalue weighted by molar-refractivity contribution is 5.91. The first-order valence-electron chi connectivity index (χ1n) is 5.52. The first-order valence-corrected chi connectivity index (χ1v) is 5.52. The zero-order valence-corrected chi connectivity index (χ0v) is 10.4. The molecule has 6 nitrogen and oxygen atoms in total. The number of carbonyl (C=O) groups excluding carboxylic acids is 1. The summed E-state index contributed by atoms with van der Waals surface area (Å²) in [6, 6.07) is 0. The fourth-order valence-electron chi connectivity index (χ4n) is 1.21. The Morgan fingerprint density at radius 2 is 2.24 bits per heavy atom. The molecule has 1 rings (SSSR count). The van der Waals surface area contributed by atoms with Crippen molar-refractivity contribution in [2.75, 3.05) is 39.2 Å². The Morgan fingerprint density at radius 3 is 2.76 bits per heavy atom. The van der Waals surface area contributed by atoms with Crippen LogP contribution in [0.4, 0.5) is 5.82 Å². The van der Waals surface area contributed by atoms with Gasteiger partial charge in [0, 0.05) is 27.2 Å². The van der Waals surface area contributed by atoms with Crippen LogP contribution in [0.3, 0.4) is 0 Å². The van der Waals surface area contributed by atoms with Gasteiger partial charge in [0.05, 0.1) is 19.0 Å². The van der Waals surface area contributed by atoms with Crippen molar-refractivity contribution >= 4 is 11.7 Å². The van der Waals surface area contributed by atoms with E-state index in [1.165, 1.54) is 12.4 Å². The quantitative estimate of drug-likeness (QED) is 0.736. The Kier molecular flexibility index (Phi) is 5.35. The number of anilines is 1. The second-order valence-corrected chi connectivity index (χ2v) is 3.46. The van der Waals surface area contributed by atoms with Crippen LogP contribution >= 0.6 is 0 Å². The van der Waals surface area contributed by atoms with Crippen molar-refractivity contribution in [1.29, 1.82) is 0 Å². The smallest absolute Gasteiger partial charge is 0.273 e. The minimum absolute atomic E-state index is 0.153. The van der Waals surface area contributed by atoms with Gasteiger partial charge in [-0.15, -0.1) is 0 Å². The van der Waals surface area contributed by atoms with E-state index in [2.05, 4.69) is 15.3 Å². The maximum absolute atomic E-state index is 11.9. The summed E-state index contributed by atoms with van der Waals surface area (Å²) in [5.41, 5.74) is 0.336. The number of ether oxygens (including phenoxy) is 1. The SMILES string of the molecule is CCOCCN(C)C(=O)c1cnc(NC)cn1. The second kappa shape index (κ2) is 6.80. The summed E-state index contributed by atoms with van der Waals surface area (Å²) in [4.78, 5) is 21.5. The van der Waals surface area contributed by atoms with Crippen molar-refractivity contribution in [2.45, 2.75) is 6.92 Å². The Bertz CT molecular complexity index is 353. The summed E-state index contributed by atoms with van der Waals surface area (Å²) in [6.07, 6.45) is 3.00. The predicted molar refractivity (Wildman–Crippen MR) is 65.0 cm³/mol. The average molecular weight is 238 g/mol. The summed E-state index contributed by atoms with van der Waals surface area (Å²) < 4.78 is 5.19. The van der Waals surface area contributed by atoms with Gasteiger partial charge in [-0.05, 0) is 6.92 Å². The highest BCUT2D eigenvalue weighted by Crippen LogP contribution is 2.02. The van der Waals surface area contributed by atoms with Crippen LogP contribution in [-0.4, -0.2) is 54.6 Å². The Hall–Kier alpha value is -1.69. The van der Waals surface area contributed by atoms with Gasteiger partial charge < -0.3 is 15.0 Å². The van der Waals surface area contributed by atoms with Gasteiger partial charge in [-0.1, -0.05) is 0 Å². The maximum Gasteiger partial charge on any atom is 0.273 e. The van der Waals surface area contributed by atoms with Crippen LogP contribution in [-0.2, 0) is 4.74 Å². The number of carbonyl (C=O) groups is 1. The molecule has 0 bridgehead atoms. The number of nitrogens with one attached hydrogen (secondary N) is 1. The van der Waals surface area contributed by atoms with Crippen molar-refractivity contribution in [1.82, 2.24) is 14.9 Å². The second-order valence-electron chi connectivity index (χ2n) is 3.46. The average Bonchev–Trinajstić information content (AvgIpc) is 2.38. The Labute approximate surface area is 101 Å². The summed E-state index contributed by atoms with van der Waals surface area (Å²) in [6.45, 7) is 3.64. The van der Waals surface area contributed by atoms with Crippen molar-refractivity contribution in [3.05, 3.63) is 18.1 Å². The van der Waals surface area contributed by atoms with E-state index in [0.29, 0.717) is 31.3 Å². The highest BCUT2D eigenvalue weighted by atomic mass is 16.5. The van der Waals surface area contributed by atoms with Gasteiger partial charge in [-0.25, -0.2) is 9.97 Å². The van der Waals surface area contributed by atoms with Crippen LogP contribution in [0.5, 0.6) is 0 Å². The van der Waals surface area contributed by atoms with Gasteiger partial charge in [-0.3, -0.25) is 4.79 Å². The molecule has 0 saturated heterocycles. The van der Waals surface area contributed by atoms with Gasteiger partial charge in [0.2, 0.25) is 0 Å². The van der Waals surface area contributed by atoms with Crippen LogP contribution < -0.4 is 5.32 Å². The minimum Gasteiger partial charge on any atom is -0.380 e. The lowest BCUT2D eigenvalue weighted by Crippen LogP contribution is -2.30. The predicted octanol–water partition coefficient (Wildman–Crippen LogP) is 0.627.